The molecule has 0 rings (SSSR count). The number of ether oxygens (including phenoxy) is 2. The van der Waals surface area contributed by atoms with Crippen molar-refractivity contribution in [2.45, 2.75) is 46.3 Å². The maximum absolute atomic E-state index is 11.6. The fraction of sp³-hybridized carbons (Fsp3) is 0.786. The highest BCUT2D eigenvalue weighted by molar-refractivity contribution is 5.83. The highest BCUT2D eigenvalue weighted by Gasteiger charge is 2.23. The predicted molar refractivity (Wildman–Crippen MR) is 77.9 cm³/mol. The summed E-state index contributed by atoms with van der Waals surface area (Å²) in [6.07, 6.45) is -0.631. The number of esters is 1. The Morgan fingerprint density at radius 1 is 1.14 bits per heavy atom. The Labute approximate surface area is 125 Å². The van der Waals surface area contributed by atoms with Crippen LogP contribution in [0.1, 0.15) is 34.6 Å². The number of alkyl carbamates (subject to hydrolysis) is 1. The number of Topliss-reactive ketones (excluding diaryl/α,β-unsaturated/α-hetero) is 1. The maximum Gasteiger partial charge on any atom is 0.407 e. The Kier molecular flexibility index (Phi) is 7.94. The van der Waals surface area contributed by atoms with Crippen LogP contribution in [0.5, 0.6) is 0 Å². The lowest BCUT2D eigenvalue weighted by Gasteiger charge is -2.21. The molecule has 0 aliphatic carbocycles. The molecule has 0 aromatic heterocycles. The van der Waals surface area contributed by atoms with Gasteiger partial charge in [-0.05, 0) is 20.8 Å². The van der Waals surface area contributed by atoms with Crippen LogP contribution in [0.15, 0.2) is 0 Å². The number of ketones is 1. The smallest absolute Gasteiger partial charge is 0.407 e. The summed E-state index contributed by atoms with van der Waals surface area (Å²) in [5, 5.41) is 5.25. The molecule has 0 aliphatic heterocycles. The van der Waals surface area contributed by atoms with E-state index in [-0.39, 0.29) is 24.8 Å². The topological polar surface area (TPSA) is 93.7 Å². The van der Waals surface area contributed by atoms with Crippen LogP contribution in [0.4, 0.5) is 4.79 Å². The van der Waals surface area contributed by atoms with E-state index in [9.17, 15) is 14.4 Å². The lowest BCUT2D eigenvalue weighted by atomic mass is 10.1. The second kappa shape index (κ2) is 8.61. The van der Waals surface area contributed by atoms with E-state index in [1.165, 1.54) is 7.11 Å². The second-order valence-electron chi connectivity index (χ2n) is 5.96. The molecule has 1 amide bonds. The zero-order valence-corrected chi connectivity index (χ0v) is 13.6. The number of nitrogens with one attached hydrogen (secondary N) is 2. The van der Waals surface area contributed by atoms with Gasteiger partial charge in [-0.2, -0.15) is 0 Å². The van der Waals surface area contributed by atoms with Gasteiger partial charge < -0.3 is 14.8 Å². The van der Waals surface area contributed by atoms with Crippen LogP contribution in [-0.4, -0.2) is 49.7 Å². The van der Waals surface area contributed by atoms with Crippen LogP contribution in [0.3, 0.4) is 0 Å². The molecular formula is C14H26N2O5. The van der Waals surface area contributed by atoms with E-state index in [0.717, 1.165) is 0 Å². The third-order valence-electron chi connectivity index (χ3n) is 2.50. The molecule has 0 bridgehead atoms. The van der Waals surface area contributed by atoms with Gasteiger partial charge in [-0.15, -0.1) is 0 Å². The average Bonchev–Trinajstić information content (AvgIpc) is 2.35. The van der Waals surface area contributed by atoms with Gasteiger partial charge in [0.1, 0.15) is 17.4 Å². The number of hydrogen-bond donors (Lipinski definition) is 2. The fourth-order valence-corrected chi connectivity index (χ4v) is 1.31. The van der Waals surface area contributed by atoms with Crippen LogP contribution in [0.2, 0.25) is 0 Å². The molecule has 21 heavy (non-hydrogen) atoms. The van der Waals surface area contributed by atoms with Crippen molar-refractivity contribution in [3.05, 3.63) is 0 Å². The Bertz CT molecular complexity index is 374. The van der Waals surface area contributed by atoms with Gasteiger partial charge in [-0.1, -0.05) is 13.8 Å². The molecule has 0 aliphatic rings. The summed E-state index contributed by atoms with van der Waals surface area (Å²) in [7, 11) is 1.24. The molecule has 0 radical (unpaired) electrons. The number of carbonyl (C=O) groups excluding carboxylic acids is 3. The van der Waals surface area contributed by atoms with Gasteiger partial charge in [0.05, 0.1) is 13.7 Å². The minimum atomic E-state index is -0.801. The van der Waals surface area contributed by atoms with Crippen molar-refractivity contribution in [1.29, 1.82) is 0 Å². The van der Waals surface area contributed by atoms with Crippen molar-refractivity contribution in [2.75, 3.05) is 20.2 Å². The Morgan fingerprint density at radius 2 is 1.71 bits per heavy atom. The molecule has 0 saturated heterocycles. The molecular weight excluding hydrogens is 276 g/mol. The number of rotatable bonds is 7. The molecule has 2 N–H and O–H groups in total. The lowest BCUT2D eigenvalue weighted by molar-refractivity contribution is -0.143. The molecule has 0 unspecified atom stereocenters. The average molecular weight is 302 g/mol. The highest BCUT2D eigenvalue weighted by atomic mass is 16.6. The molecule has 0 spiro atoms. The molecule has 0 saturated carbocycles. The van der Waals surface area contributed by atoms with Gasteiger partial charge in [-0.3, -0.25) is 14.9 Å². The Hall–Kier alpha value is -1.63. The summed E-state index contributed by atoms with van der Waals surface area (Å²) in [4.78, 5) is 34.7. The van der Waals surface area contributed by atoms with Gasteiger partial charge in [0.2, 0.25) is 0 Å². The van der Waals surface area contributed by atoms with E-state index in [4.69, 9.17) is 4.74 Å². The third kappa shape index (κ3) is 9.01. The number of methoxy groups -OCH3 is 1. The van der Waals surface area contributed by atoms with Gasteiger partial charge in [-0.25, -0.2) is 4.79 Å². The summed E-state index contributed by atoms with van der Waals surface area (Å²) in [6.45, 7) is 8.78. The van der Waals surface area contributed by atoms with Crippen molar-refractivity contribution < 1.29 is 23.9 Å². The second-order valence-corrected chi connectivity index (χ2v) is 5.96. The van der Waals surface area contributed by atoms with E-state index >= 15 is 0 Å². The SMILES string of the molecule is COC(=O)[C@H](CNC(=O)OC(C)(C)C)NCC(=O)C(C)C. The van der Waals surface area contributed by atoms with Crippen LogP contribution in [-0.2, 0) is 19.1 Å². The summed E-state index contributed by atoms with van der Waals surface area (Å²) in [5.74, 6) is -0.710. The molecule has 7 heteroatoms. The minimum absolute atomic E-state index is 0.0209. The van der Waals surface area contributed by atoms with E-state index in [0.29, 0.717) is 0 Å². The van der Waals surface area contributed by atoms with Crippen molar-refractivity contribution in [2.24, 2.45) is 5.92 Å². The van der Waals surface area contributed by atoms with Gasteiger partial charge in [0.25, 0.3) is 0 Å². The zero-order valence-electron chi connectivity index (χ0n) is 13.6. The summed E-state index contributed by atoms with van der Waals surface area (Å²) in [6, 6.07) is -0.801. The molecule has 7 nitrogen and oxygen atoms in total. The highest BCUT2D eigenvalue weighted by Crippen LogP contribution is 2.06. The van der Waals surface area contributed by atoms with Crippen LogP contribution >= 0.6 is 0 Å². The van der Waals surface area contributed by atoms with Gasteiger partial charge in [0, 0.05) is 12.5 Å². The molecule has 1 atom stereocenters. The number of carbonyl (C=O) groups is 3. The fourth-order valence-electron chi connectivity index (χ4n) is 1.31. The standard InChI is InChI=1S/C14H26N2O5/c1-9(2)11(17)8-15-10(12(18)20-6)7-16-13(19)21-14(3,4)5/h9-10,15H,7-8H2,1-6H3,(H,16,19)/t10-/m0/s1. The monoisotopic (exact) mass is 302 g/mol. The summed E-state index contributed by atoms with van der Waals surface area (Å²) >= 11 is 0. The van der Waals surface area contributed by atoms with E-state index in [1.807, 2.05) is 0 Å². The first-order chi connectivity index (χ1) is 9.56. The van der Waals surface area contributed by atoms with E-state index < -0.39 is 23.7 Å². The zero-order chi connectivity index (χ0) is 16.6. The largest absolute Gasteiger partial charge is 0.468 e. The lowest BCUT2D eigenvalue weighted by Crippen LogP contribution is -2.49. The Morgan fingerprint density at radius 3 is 2.14 bits per heavy atom. The molecule has 0 aromatic carbocycles. The molecule has 0 aromatic rings. The first kappa shape index (κ1) is 19.4. The molecule has 0 heterocycles. The van der Waals surface area contributed by atoms with Crippen LogP contribution < -0.4 is 10.6 Å². The number of amides is 1. The normalized spacial score (nSPS) is 12.7. The maximum atomic E-state index is 11.6. The van der Waals surface area contributed by atoms with Crippen molar-refractivity contribution in [3.63, 3.8) is 0 Å². The van der Waals surface area contributed by atoms with Crippen molar-refractivity contribution in [1.82, 2.24) is 10.6 Å². The summed E-state index contributed by atoms with van der Waals surface area (Å²) in [5.41, 5.74) is -0.619. The van der Waals surface area contributed by atoms with Crippen molar-refractivity contribution >= 4 is 17.8 Å². The quantitative estimate of drug-likeness (QED) is 0.678. The van der Waals surface area contributed by atoms with E-state index in [2.05, 4.69) is 15.4 Å². The van der Waals surface area contributed by atoms with Gasteiger partial charge >= 0.3 is 12.1 Å². The van der Waals surface area contributed by atoms with Crippen molar-refractivity contribution in [3.8, 4) is 0 Å². The van der Waals surface area contributed by atoms with Crippen LogP contribution in [0, 0.1) is 5.92 Å². The first-order valence-electron chi connectivity index (χ1n) is 6.87. The Balaban J connectivity index is 4.41. The molecule has 0 fully saturated rings. The van der Waals surface area contributed by atoms with Crippen LogP contribution in [0.25, 0.3) is 0 Å². The number of hydrogen-bond acceptors (Lipinski definition) is 6. The minimum Gasteiger partial charge on any atom is -0.468 e. The predicted octanol–water partition coefficient (Wildman–Crippen LogP) is 0.867. The molecule has 122 valence electrons. The summed E-state index contributed by atoms with van der Waals surface area (Å²) < 4.78 is 9.70. The van der Waals surface area contributed by atoms with E-state index in [1.54, 1.807) is 34.6 Å². The first-order valence-corrected chi connectivity index (χ1v) is 6.87. The third-order valence-corrected chi connectivity index (χ3v) is 2.50. The van der Waals surface area contributed by atoms with Gasteiger partial charge in [0.15, 0.2) is 0 Å².